The Hall–Kier alpha value is -1.09. The number of anilines is 1. The maximum absolute atomic E-state index is 5.83. The Morgan fingerprint density at radius 2 is 2.27 bits per heavy atom. The Labute approximate surface area is 90.9 Å². The molecule has 0 aliphatic heterocycles. The molecule has 2 rings (SSSR count). The lowest BCUT2D eigenvalue weighted by Gasteiger charge is -2.11. The molecule has 0 aromatic carbocycles. The Morgan fingerprint density at radius 3 is 3.00 bits per heavy atom. The molecule has 0 amide bonds. The van der Waals surface area contributed by atoms with Crippen molar-refractivity contribution in [2.24, 2.45) is 0 Å². The highest BCUT2D eigenvalue weighted by atomic mass is 16.5. The largest absolute Gasteiger partial charge is 0.374 e. The fraction of sp³-hybridized carbons (Fsp3) is 0.583. The molecule has 1 N–H and O–H groups in total. The van der Waals surface area contributed by atoms with Crippen molar-refractivity contribution in [3.63, 3.8) is 0 Å². The predicted molar refractivity (Wildman–Crippen MR) is 60.8 cm³/mol. The van der Waals surface area contributed by atoms with Gasteiger partial charge in [0.05, 0.1) is 12.7 Å². The van der Waals surface area contributed by atoms with E-state index in [2.05, 4.69) is 10.3 Å². The van der Waals surface area contributed by atoms with Crippen LogP contribution in [0.4, 0.5) is 5.82 Å². The second kappa shape index (κ2) is 5.12. The molecular formula is C12H18N2O. The van der Waals surface area contributed by atoms with E-state index in [-0.39, 0.29) is 0 Å². The quantitative estimate of drug-likeness (QED) is 0.822. The van der Waals surface area contributed by atoms with Crippen molar-refractivity contribution in [2.45, 2.75) is 38.4 Å². The third-order valence-corrected chi connectivity index (χ3v) is 2.87. The van der Waals surface area contributed by atoms with Crippen molar-refractivity contribution >= 4 is 5.82 Å². The van der Waals surface area contributed by atoms with Gasteiger partial charge in [0, 0.05) is 13.2 Å². The van der Waals surface area contributed by atoms with Crippen LogP contribution in [0.15, 0.2) is 18.3 Å². The number of nitrogens with zero attached hydrogens (tertiary/aromatic N) is 1. The second-order valence-corrected chi connectivity index (χ2v) is 4.02. The van der Waals surface area contributed by atoms with E-state index in [1.807, 2.05) is 25.4 Å². The molecule has 1 aliphatic rings. The number of nitrogens with one attached hydrogen (secondary N) is 1. The van der Waals surface area contributed by atoms with Crippen LogP contribution in [0.2, 0.25) is 0 Å². The van der Waals surface area contributed by atoms with Crippen molar-refractivity contribution in [1.29, 1.82) is 0 Å². The van der Waals surface area contributed by atoms with Crippen LogP contribution in [0.3, 0.4) is 0 Å². The van der Waals surface area contributed by atoms with Crippen LogP contribution in [0, 0.1) is 0 Å². The highest BCUT2D eigenvalue weighted by Crippen LogP contribution is 2.22. The van der Waals surface area contributed by atoms with Gasteiger partial charge in [-0.1, -0.05) is 12.8 Å². The first kappa shape index (κ1) is 10.4. The summed E-state index contributed by atoms with van der Waals surface area (Å²) in [5, 5.41) is 3.03. The van der Waals surface area contributed by atoms with E-state index < -0.39 is 0 Å². The zero-order chi connectivity index (χ0) is 10.5. The molecule has 1 heterocycles. The fourth-order valence-corrected chi connectivity index (χ4v) is 1.97. The van der Waals surface area contributed by atoms with Crippen molar-refractivity contribution in [1.82, 2.24) is 4.98 Å². The second-order valence-electron chi connectivity index (χ2n) is 4.02. The van der Waals surface area contributed by atoms with Crippen LogP contribution in [0.1, 0.15) is 31.2 Å². The van der Waals surface area contributed by atoms with Gasteiger partial charge in [-0.2, -0.15) is 0 Å². The smallest absolute Gasteiger partial charge is 0.125 e. The van der Waals surface area contributed by atoms with E-state index in [1.165, 1.54) is 31.2 Å². The molecule has 3 nitrogen and oxygen atoms in total. The lowest BCUT2D eigenvalue weighted by Crippen LogP contribution is -2.07. The van der Waals surface area contributed by atoms with Gasteiger partial charge in [-0.25, -0.2) is 4.98 Å². The van der Waals surface area contributed by atoms with Crippen LogP contribution in [0.25, 0.3) is 0 Å². The summed E-state index contributed by atoms with van der Waals surface area (Å²) in [7, 11) is 1.88. The summed E-state index contributed by atoms with van der Waals surface area (Å²) in [4.78, 5) is 4.17. The van der Waals surface area contributed by atoms with Gasteiger partial charge < -0.3 is 10.1 Å². The molecule has 1 aliphatic carbocycles. The van der Waals surface area contributed by atoms with Gasteiger partial charge in [-0.3, -0.25) is 0 Å². The third-order valence-electron chi connectivity index (χ3n) is 2.87. The number of pyridine rings is 1. The number of rotatable bonds is 4. The van der Waals surface area contributed by atoms with Crippen molar-refractivity contribution in [3.8, 4) is 0 Å². The Balaban J connectivity index is 1.86. The zero-order valence-corrected chi connectivity index (χ0v) is 9.20. The fourth-order valence-electron chi connectivity index (χ4n) is 1.97. The Bertz CT molecular complexity index is 308. The van der Waals surface area contributed by atoms with Gasteiger partial charge in [-0.15, -0.1) is 0 Å². The molecule has 82 valence electrons. The molecule has 3 heteroatoms. The third kappa shape index (κ3) is 2.93. The average Bonchev–Trinajstić information content (AvgIpc) is 2.79. The van der Waals surface area contributed by atoms with E-state index in [0.717, 1.165) is 5.82 Å². The minimum Gasteiger partial charge on any atom is -0.374 e. The molecule has 0 saturated heterocycles. The summed E-state index contributed by atoms with van der Waals surface area (Å²) in [5.74, 6) is 0.905. The van der Waals surface area contributed by atoms with E-state index in [9.17, 15) is 0 Å². The van der Waals surface area contributed by atoms with Gasteiger partial charge in [0.1, 0.15) is 5.82 Å². The van der Waals surface area contributed by atoms with Crippen LogP contribution in [-0.4, -0.2) is 18.1 Å². The average molecular weight is 206 g/mol. The standard InChI is InChI=1S/C12H18N2O/c1-13-12-8-10(6-7-14-12)9-15-11-4-2-3-5-11/h6-8,11H,2-5,9H2,1H3,(H,13,14). The molecule has 0 unspecified atom stereocenters. The van der Waals surface area contributed by atoms with Gasteiger partial charge in [0.15, 0.2) is 0 Å². The highest BCUT2D eigenvalue weighted by molar-refractivity contribution is 5.36. The molecule has 0 radical (unpaired) electrons. The maximum atomic E-state index is 5.83. The Morgan fingerprint density at radius 1 is 1.47 bits per heavy atom. The normalized spacial score (nSPS) is 16.9. The highest BCUT2D eigenvalue weighted by Gasteiger charge is 2.15. The van der Waals surface area contributed by atoms with E-state index in [0.29, 0.717) is 12.7 Å². The van der Waals surface area contributed by atoms with E-state index >= 15 is 0 Å². The predicted octanol–water partition coefficient (Wildman–Crippen LogP) is 2.58. The zero-order valence-electron chi connectivity index (χ0n) is 9.20. The summed E-state index contributed by atoms with van der Waals surface area (Å²) in [6.45, 7) is 0.710. The van der Waals surface area contributed by atoms with Crippen LogP contribution in [-0.2, 0) is 11.3 Å². The summed E-state index contributed by atoms with van der Waals surface area (Å²) < 4.78 is 5.83. The monoisotopic (exact) mass is 206 g/mol. The molecule has 0 bridgehead atoms. The maximum Gasteiger partial charge on any atom is 0.125 e. The summed E-state index contributed by atoms with van der Waals surface area (Å²) >= 11 is 0. The molecule has 1 aromatic heterocycles. The van der Waals surface area contributed by atoms with E-state index in [1.54, 1.807) is 0 Å². The first-order valence-electron chi connectivity index (χ1n) is 5.63. The summed E-state index contributed by atoms with van der Waals surface area (Å²) in [6, 6.07) is 4.05. The first-order valence-corrected chi connectivity index (χ1v) is 5.63. The first-order chi connectivity index (χ1) is 7.38. The van der Waals surface area contributed by atoms with E-state index in [4.69, 9.17) is 4.74 Å². The molecule has 0 atom stereocenters. The summed E-state index contributed by atoms with van der Waals surface area (Å²) in [5.41, 5.74) is 1.20. The van der Waals surface area contributed by atoms with Gasteiger partial charge in [0.2, 0.25) is 0 Å². The van der Waals surface area contributed by atoms with Crippen molar-refractivity contribution in [2.75, 3.05) is 12.4 Å². The minimum absolute atomic E-state index is 0.483. The van der Waals surface area contributed by atoms with Crippen molar-refractivity contribution in [3.05, 3.63) is 23.9 Å². The minimum atomic E-state index is 0.483. The summed E-state index contributed by atoms with van der Waals surface area (Å²) in [6.07, 6.45) is 7.40. The lowest BCUT2D eigenvalue weighted by molar-refractivity contribution is 0.0457. The SMILES string of the molecule is CNc1cc(COC2CCCC2)ccn1. The van der Waals surface area contributed by atoms with Crippen LogP contribution in [0.5, 0.6) is 0 Å². The molecule has 1 fully saturated rings. The Kier molecular flexibility index (Phi) is 3.56. The van der Waals surface area contributed by atoms with Crippen molar-refractivity contribution < 1.29 is 4.74 Å². The molecule has 15 heavy (non-hydrogen) atoms. The molecular weight excluding hydrogens is 188 g/mol. The number of aromatic nitrogens is 1. The molecule has 1 saturated carbocycles. The van der Waals surface area contributed by atoms with Gasteiger partial charge >= 0.3 is 0 Å². The topological polar surface area (TPSA) is 34.1 Å². The van der Waals surface area contributed by atoms with Gasteiger partial charge in [0.25, 0.3) is 0 Å². The molecule has 0 spiro atoms. The van der Waals surface area contributed by atoms with Crippen LogP contribution >= 0.6 is 0 Å². The van der Waals surface area contributed by atoms with Crippen LogP contribution < -0.4 is 5.32 Å². The molecule has 1 aromatic rings. The van der Waals surface area contributed by atoms with Gasteiger partial charge in [-0.05, 0) is 30.5 Å². The lowest BCUT2D eigenvalue weighted by atomic mass is 10.2. The number of ether oxygens (including phenoxy) is 1. The number of hydrogen-bond donors (Lipinski definition) is 1. The number of hydrogen-bond acceptors (Lipinski definition) is 3.